The average molecular weight is 303 g/mol. The number of pyridine rings is 1. The number of nitrogens with one attached hydrogen (secondary N) is 2. The van der Waals surface area contributed by atoms with Gasteiger partial charge in [0.1, 0.15) is 5.82 Å². The minimum atomic E-state index is -0.339. The summed E-state index contributed by atoms with van der Waals surface area (Å²) in [5, 5.41) is 7.84. The monoisotopic (exact) mass is 303 g/mol. The summed E-state index contributed by atoms with van der Waals surface area (Å²) in [5.41, 5.74) is 4.14. The molecule has 0 saturated carbocycles. The van der Waals surface area contributed by atoms with Crippen molar-refractivity contribution in [1.82, 2.24) is 4.98 Å². The summed E-state index contributed by atoms with van der Waals surface area (Å²) >= 11 is 6.25. The second kappa shape index (κ2) is 5.52. The first-order chi connectivity index (χ1) is 9.78. The predicted molar refractivity (Wildman–Crippen MR) is 86.6 cm³/mol. The summed E-state index contributed by atoms with van der Waals surface area (Å²) in [6.07, 6.45) is 1.71. The van der Waals surface area contributed by atoms with Gasteiger partial charge in [0.25, 0.3) is 0 Å². The minimum absolute atomic E-state index is 0.339. The highest BCUT2D eigenvalue weighted by Crippen LogP contribution is 2.30. The van der Waals surface area contributed by atoms with E-state index in [1.807, 2.05) is 17.5 Å². The van der Waals surface area contributed by atoms with E-state index in [0.29, 0.717) is 11.4 Å². The van der Waals surface area contributed by atoms with E-state index in [1.165, 1.54) is 11.6 Å². The lowest BCUT2D eigenvalue weighted by molar-refractivity contribution is 0.632. The molecule has 0 spiro atoms. The van der Waals surface area contributed by atoms with Crippen molar-refractivity contribution in [1.29, 1.82) is 0 Å². The third kappa shape index (κ3) is 2.48. The fourth-order valence-corrected chi connectivity index (χ4v) is 2.85. The van der Waals surface area contributed by atoms with Crippen LogP contribution in [0.25, 0.3) is 10.2 Å². The minimum Gasteiger partial charge on any atom is -0.353 e. The third-order valence-corrected chi connectivity index (χ3v) is 3.86. The lowest BCUT2D eigenvalue weighted by Gasteiger charge is -2.09. The van der Waals surface area contributed by atoms with Crippen molar-refractivity contribution < 1.29 is 4.39 Å². The summed E-state index contributed by atoms with van der Waals surface area (Å²) in [4.78, 5) is 4.26. The van der Waals surface area contributed by atoms with Crippen LogP contribution < -0.4 is 10.6 Å². The Kier molecular flexibility index (Phi) is 3.58. The number of hydrogen-bond donors (Lipinski definition) is 2. The second-order valence-electron chi connectivity index (χ2n) is 4.08. The topological polar surface area (TPSA) is 37.0 Å². The van der Waals surface area contributed by atoms with Gasteiger partial charge in [-0.05, 0) is 35.7 Å². The maximum Gasteiger partial charge on any atom is 0.148 e. The molecule has 2 aromatic heterocycles. The zero-order valence-corrected chi connectivity index (χ0v) is 11.9. The fraction of sp³-hybridized carbons (Fsp3) is 0. The maximum absolute atomic E-state index is 14.0. The van der Waals surface area contributed by atoms with Gasteiger partial charge in [0.15, 0.2) is 0 Å². The van der Waals surface area contributed by atoms with Crippen LogP contribution >= 0.6 is 23.6 Å². The van der Waals surface area contributed by atoms with Crippen molar-refractivity contribution in [3.63, 3.8) is 0 Å². The molecule has 0 bridgehead atoms. The van der Waals surface area contributed by atoms with Crippen LogP contribution in [0.15, 0.2) is 41.9 Å². The van der Waals surface area contributed by atoms with E-state index in [9.17, 15) is 4.39 Å². The van der Waals surface area contributed by atoms with E-state index < -0.39 is 0 Å². The molecule has 1 aromatic carbocycles. The van der Waals surface area contributed by atoms with Crippen molar-refractivity contribution in [2.24, 2.45) is 0 Å². The van der Waals surface area contributed by atoms with Gasteiger partial charge in [-0.1, -0.05) is 12.2 Å². The highest BCUT2D eigenvalue weighted by molar-refractivity contribution is 7.79. The molecular weight excluding hydrogens is 293 g/mol. The molecule has 3 rings (SSSR count). The fourth-order valence-electron chi connectivity index (χ4n) is 1.89. The molecule has 0 unspecified atom stereocenters. The molecule has 0 fully saturated rings. The molecule has 2 N–H and O–H groups in total. The first kappa shape index (κ1) is 13.0. The quantitative estimate of drug-likeness (QED) is 0.693. The Morgan fingerprint density at radius 1 is 1.20 bits per heavy atom. The van der Waals surface area contributed by atoms with Gasteiger partial charge in [-0.25, -0.2) is 4.39 Å². The van der Waals surface area contributed by atoms with E-state index in [0.717, 1.165) is 15.9 Å². The smallest absolute Gasteiger partial charge is 0.148 e. The Labute approximate surface area is 124 Å². The number of fused-ring (bicyclic) bond motifs is 1. The number of aromatic nitrogens is 1. The average Bonchev–Trinajstić information content (AvgIpc) is 2.91. The highest BCUT2D eigenvalue weighted by Gasteiger charge is 2.07. The molecule has 100 valence electrons. The molecule has 2 heterocycles. The van der Waals surface area contributed by atoms with Crippen molar-refractivity contribution in [2.75, 3.05) is 10.6 Å². The lowest BCUT2D eigenvalue weighted by atomic mass is 10.2. The van der Waals surface area contributed by atoms with Crippen LogP contribution in [0.3, 0.4) is 0 Å². The Balaban J connectivity index is 1.94. The summed E-state index contributed by atoms with van der Waals surface area (Å²) in [6, 6.07) is 8.62. The van der Waals surface area contributed by atoms with Crippen molar-refractivity contribution in [3.05, 3.63) is 47.7 Å². The van der Waals surface area contributed by atoms with Gasteiger partial charge >= 0.3 is 0 Å². The summed E-state index contributed by atoms with van der Waals surface area (Å²) in [5.74, 6) is -0.339. The lowest BCUT2D eigenvalue weighted by Crippen LogP contribution is -1.97. The Morgan fingerprint density at radius 2 is 2.10 bits per heavy atom. The largest absolute Gasteiger partial charge is 0.353 e. The van der Waals surface area contributed by atoms with Crippen molar-refractivity contribution in [2.45, 2.75) is 0 Å². The summed E-state index contributed by atoms with van der Waals surface area (Å²) in [7, 11) is 0. The SMILES string of the molecule is Fc1cc(NC=S)ccc1Nc1ccnc2ccsc12. The number of rotatable bonds is 4. The van der Waals surface area contributed by atoms with E-state index in [2.05, 4.69) is 27.8 Å². The zero-order valence-electron chi connectivity index (χ0n) is 10.3. The molecule has 6 heteroatoms. The standard InChI is InChI=1S/C14H10FN3S2/c15-10-7-9(17-8-19)1-2-11(10)18-13-3-5-16-12-4-6-20-14(12)13/h1-8H,(H,16,18)(H,17,19). The van der Waals surface area contributed by atoms with Gasteiger partial charge in [-0.2, -0.15) is 0 Å². The van der Waals surface area contributed by atoms with E-state index in [1.54, 1.807) is 29.7 Å². The van der Waals surface area contributed by atoms with Gasteiger partial charge in [0.2, 0.25) is 0 Å². The van der Waals surface area contributed by atoms with Crippen LogP contribution in [0.1, 0.15) is 0 Å². The van der Waals surface area contributed by atoms with Gasteiger partial charge in [-0.15, -0.1) is 11.3 Å². The van der Waals surface area contributed by atoms with Crippen LogP contribution in [0, 0.1) is 5.82 Å². The maximum atomic E-state index is 14.0. The first-order valence-electron chi connectivity index (χ1n) is 5.87. The number of anilines is 3. The number of halogens is 1. The molecule has 0 radical (unpaired) electrons. The molecule has 0 atom stereocenters. The number of thiophene rings is 1. The third-order valence-electron chi connectivity index (χ3n) is 2.81. The van der Waals surface area contributed by atoms with Gasteiger partial charge in [-0.3, -0.25) is 4.98 Å². The molecule has 0 saturated heterocycles. The van der Waals surface area contributed by atoms with Crippen LogP contribution in [0.5, 0.6) is 0 Å². The van der Waals surface area contributed by atoms with E-state index in [-0.39, 0.29) is 5.82 Å². The Hall–Kier alpha value is -2.05. The summed E-state index contributed by atoms with van der Waals surface area (Å²) in [6.45, 7) is 0. The second-order valence-corrected chi connectivity index (χ2v) is 5.23. The normalized spacial score (nSPS) is 10.4. The first-order valence-corrected chi connectivity index (χ1v) is 7.22. The van der Waals surface area contributed by atoms with Gasteiger partial charge < -0.3 is 10.6 Å². The predicted octanol–water partition coefficient (Wildman–Crippen LogP) is 4.55. The Morgan fingerprint density at radius 3 is 2.90 bits per heavy atom. The van der Waals surface area contributed by atoms with Crippen molar-refractivity contribution in [3.8, 4) is 0 Å². The molecule has 0 aliphatic rings. The molecule has 3 aromatic rings. The number of thiocarbonyl (C=S) groups is 1. The highest BCUT2D eigenvalue weighted by atomic mass is 32.1. The molecular formula is C14H10FN3S2. The van der Waals surface area contributed by atoms with Crippen LogP contribution in [-0.4, -0.2) is 10.5 Å². The molecule has 0 aliphatic carbocycles. The number of benzene rings is 1. The van der Waals surface area contributed by atoms with Crippen LogP contribution in [-0.2, 0) is 0 Å². The van der Waals surface area contributed by atoms with Gasteiger partial charge in [0, 0.05) is 11.9 Å². The molecule has 20 heavy (non-hydrogen) atoms. The molecule has 0 amide bonds. The van der Waals surface area contributed by atoms with Gasteiger partial charge in [0.05, 0.1) is 27.1 Å². The summed E-state index contributed by atoms with van der Waals surface area (Å²) < 4.78 is 15.0. The van der Waals surface area contributed by atoms with Crippen LogP contribution in [0.4, 0.5) is 21.5 Å². The molecule has 3 nitrogen and oxygen atoms in total. The Bertz CT molecular complexity index is 770. The number of hydrogen-bond acceptors (Lipinski definition) is 4. The number of nitrogens with zero attached hydrogens (tertiary/aromatic N) is 1. The van der Waals surface area contributed by atoms with E-state index >= 15 is 0 Å². The van der Waals surface area contributed by atoms with E-state index in [4.69, 9.17) is 0 Å². The zero-order chi connectivity index (χ0) is 13.9. The molecule has 0 aliphatic heterocycles. The van der Waals surface area contributed by atoms with Crippen LogP contribution in [0.2, 0.25) is 0 Å². The van der Waals surface area contributed by atoms with Crippen molar-refractivity contribution >= 4 is 56.3 Å².